The highest BCUT2D eigenvalue weighted by atomic mass is 32.2. The van der Waals surface area contributed by atoms with Crippen LogP contribution in [0.3, 0.4) is 0 Å². The first-order valence-electron chi connectivity index (χ1n) is 10.5. The van der Waals surface area contributed by atoms with E-state index in [4.69, 9.17) is 9.47 Å². The Bertz CT molecular complexity index is 1290. The predicted molar refractivity (Wildman–Crippen MR) is 123 cm³/mol. The van der Waals surface area contributed by atoms with Gasteiger partial charge in [-0.2, -0.15) is 0 Å². The number of benzene rings is 2. The molecule has 7 nitrogen and oxygen atoms in total. The van der Waals surface area contributed by atoms with E-state index in [2.05, 4.69) is 4.98 Å². The van der Waals surface area contributed by atoms with Gasteiger partial charge in [-0.25, -0.2) is 13.2 Å². The first-order valence-corrected chi connectivity index (χ1v) is 12.0. The Kier molecular flexibility index (Phi) is 5.45. The number of sulfone groups is 1. The third-order valence-electron chi connectivity index (χ3n) is 5.50. The number of carbonyl (C=O) groups excluding carboxylic acids is 1. The zero-order valence-electron chi connectivity index (χ0n) is 18.9. The molecule has 1 aliphatic heterocycles. The minimum atomic E-state index is -3.95. The summed E-state index contributed by atoms with van der Waals surface area (Å²) in [6.07, 6.45) is -0.155. The van der Waals surface area contributed by atoms with Gasteiger partial charge in [0.05, 0.1) is 12.0 Å². The lowest BCUT2D eigenvalue weighted by atomic mass is 10.0. The van der Waals surface area contributed by atoms with Gasteiger partial charge in [-0.1, -0.05) is 12.1 Å². The number of hydrogen-bond acceptors (Lipinski definition) is 5. The molecule has 32 heavy (non-hydrogen) atoms. The Morgan fingerprint density at radius 1 is 1.16 bits per heavy atom. The van der Waals surface area contributed by atoms with Crippen molar-refractivity contribution in [2.45, 2.75) is 50.0 Å². The number of carbonyl (C=O) groups is 1. The predicted octanol–water partition coefficient (Wildman–Crippen LogP) is 4.75. The van der Waals surface area contributed by atoms with Crippen LogP contribution < -0.4 is 4.74 Å². The number of aromatic nitrogens is 1. The zero-order chi connectivity index (χ0) is 23.3. The number of H-pyrrole nitrogens is 1. The normalized spacial score (nSPS) is 16.7. The van der Waals surface area contributed by atoms with Crippen LogP contribution >= 0.6 is 0 Å². The van der Waals surface area contributed by atoms with Gasteiger partial charge >= 0.3 is 6.09 Å². The first-order chi connectivity index (χ1) is 15.0. The second kappa shape index (κ2) is 7.85. The lowest BCUT2D eigenvalue weighted by Gasteiger charge is -2.36. The SMILES string of the molecule is COc1ccc2c3c([nH]c2c1)CCN(C(=O)OC(C)(C)C)C3S(=O)(=O)c1cccc(C)c1. The van der Waals surface area contributed by atoms with E-state index in [1.54, 1.807) is 52.1 Å². The summed E-state index contributed by atoms with van der Waals surface area (Å²) in [4.78, 5) is 18.0. The van der Waals surface area contributed by atoms with Crippen molar-refractivity contribution in [3.05, 3.63) is 59.3 Å². The van der Waals surface area contributed by atoms with Gasteiger partial charge in [0.15, 0.2) is 5.37 Å². The Morgan fingerprint density at radius 2 is 1.91 bits per heavy atom. The molecule has 0 spiro atoms. The highest BCUT2D eigenvalue weighted by molar-refractivity contribution is 7.91. The first kappa shape index (κ1) is 22.2. The van der Waals surface area contributed by atoms with Crippen molar-refractivity contribution < 1.29 is 22.7 Å². The molecule has 3 aromatic rings. The van der Waals surface area contributed by atoms with Crippen molar-refractivity contribution in [1.29, 1.82) is 0 Å². The maximum atomic E-state index is 14.0. The minimum absolute atomic E-state index is 0.173. The Balaban J connectivity index is 1.93. The molecule has 1 N–H and O–H groups in total. The largest absolute Gasteiger partial charge is 0.497 e. The molecular weight excluding hydrogens is 428 g/mol. The molecule has 4 rings (SSSR count). The number of nitrogens with zero attached hydrogens (tertiary/aromatic N) is 1. The molecule has 0 fully saturated rings. The van der Waals surface area contributed by atoms with Crippen molar-refractivity contribution in [3.63, 3.8) is 0 Å². The summed E-state index contributed by atoms with van der Waals surface area (Å²) in [6, 6.07) is 12.2. The van der Waals surface area contributed by atoms with Crippen molar-refractivity contribution in [2.24, 2.45) is 0 Å². The van der Waals surface area contributed by atoms with E-state index in [1.807, 2.05) is 25.1 Å². The molecule has 1 amide bonds. The number of ether oxygens (including phenoxy) is 2. The molecule has 1 unspecified atom stereocenters. The molecule has 1 aromatic heterocycles. The molecule has 170 valence electrons. The maximum Gasteiger partial charge on any atom is 0.411 e. The smallest absolute Gasteiger partial charge is 0.411 e. The van der Waals surface area contributed by atoms with E-state index in [0.717, 1.165) is 22.2 Å². The van der Waals surface area contributed by atoms with Crippen LogP contribution in [0.5, 0.6) is 5.75 Å². The molecule has 0 saturated carbocycles. The van der Waals surface area contributed by atoms with Crippen LogP contribution in [0, 0.1) is 6.92 Å². The third-order valence-corrected chi connectivity index (χ3v) is 7.49. The van der Waals surface area contributed by atoms with Gasteiger partial charge in [0.25, 0.3) is 0 Å². The van der Waals surface area contributed by atoms with Gasteiger partial charge in [-0.15, -0.1) is 0 Å². The van der Waals surface area contributed by atoms with Gasteiger partial charge in [-0.3, -0.25) is 4.90 Å². The number of methoxy groups -OCH3 is 1. The number of nitrogens with one attached hydrogen (secondary N) is 1. The average molecular weight is 457 g/mol. The average Bonchev–Trinajstić information content (AvgIpc) is 3.09. The van der Waals surface area contributed by atoms with Gasteiger partial charge in [0, 0.05) is 41.2 Å². The summed E-state index contributed by atoms with van der Waals surface area (Å²) in [5.41, 5.74) is 2.23. The fraction of sp³-hybridized carbons (Fsp3) is 0.375. The molecule has 0 saturated heterocycles. The maximum absolute atomic E-state index is 14.0. The molecule has 1 atom stereocenters. The summed E-state index contributed by atoms with van der Waals surface area (Å²) >= 11 is 0. The van der Waals surface area contributed by atoms with Crippen molar-refractivity contribution in [2.75, 3.05) is 13.7 Å². The van der Waals surface area contributed by atoms with Crippen molar-refractivity contribution in [1.82, 2.24) is 9.88 Å². The lowest BCUT2D eigenvalue weighted by Crippen LogP contribution is -2.45. The molecule has 0 aliphatic carbocycles. The fourth-order valence-electron chi connectivity index (χ4n) is 4.12. The summed E-state index contributed by atoms with van der Waals surface area (Å²) in [6.45, 7) is 7.36. The molecule has 1 aliphatic rings. The molecule has 8 heteroatoms. The summed E-state index contributed by atoms with van der Waals surface area (Å²) in [5, 5.41) is -0.458. The van der Waals surface area contributed by atoms with Crippen LogP contribution in [0.15, 0.2) is 47.4 Å². The van der Waals surface area contributed by atoms with Crippen molar-refractivity contribution >= 4 is 26.8 Å². The van der Waals surface area contributed by atoms with E-state index in [9.17, 15) is 13.2 Å². The number of amides is 1. The van der Waals surface area contributed by atoms with Crippen LogP contribution in [-0.4, -0.2) is 43.7 Å². The highest BCUT2D eigenvalue weighted by Crippen LogP contribution is 2.42. The number of rotatable bonds is 3. The van der Waals surface area contributed by atoms with E-state index >= 15 is 0 Å². The Hall–Kier alpha value is -3.00. The standard InChI is InChI=1S/C24H28N2O5S/c1-15-7-6-8-17(13-15)32(28,29)22-21-18-10-9-16(30-5)14-20(18)25-19(21)11-12-26(22)23(27)31-24(2,3)4/h6-10,13-14,22,25H,11-12H2,1-5H3. The van der Waals surface area contributed by atoms with E-state index in [0.29, 0.717) is 17.7 Å². The van der Waals surface area contributed by atoms with Gasteiger partial charge in [0.2, 0.25) is 9.84 Å². The van der Waals surface area contributed by atoms with Crippen LogP contribution in [0.4, 0.5) is 4.79 Å². The Morgan fingerprint density at radius 3 is 2.56 bits per heavy atom. The molecule has 0 radical (unpaired) electrons. The van der Waals surface area contributed by atoms with Gasteiger partial charge in [0.1, 0.15) is 11.4 Å². The van der Waals surface area contributed by atoms with Gasteiger partial charge in [-0.05, 0) is 57.5 Å². The van der Waals surface area contributed by atoms with Crippen LogP contribution in [0.2, 0.25) is 0 Å². The summed E-state index contributed by atoms with van der Waals surface area (Å²) in [7, 11) is -2.37. The topological polar surface area (TPSA) is 88.7 Å². The summed E-state index contributed by atoms with van der Waals surface area (Å²) in [5.74, 6) is 0.665. The quantitative estimate of drug-likeness (QED) is 0.614. The van der Waals surface area contributed by atoms with Crippen LogP contribution in [0.25, 0.3) is 10.9 Å². The third kappa shape index (κ3) is 3.95. The number of aromatic amines is 1. The van der Waals surface area contributed by atoms with Crippen LogP contribution in [0.1, 0.15) is 43.0 Å². The van der Waals surface area contributed by atoms with Crippen molar-refractivity contribution in [3.8, 4) is 5.75 Å². The van der Waals surface area contributed by atoms with Crippen LogP contribution in [-0.2, 0) is 21.0 Å². The fourth-order valence-corrected chi connectivity index (χ4v) is 6.10. The molecular formula is C24H28N2O5S. The second-order valence-electron chi connectivity index (χ2n) is 9.07. The second-order valence-corrected chi connectivity index (χ2v) is 11.1. The van der Waals surface area contributed by atoms with E-state index < -0.39 is 26.9 Å². The zero-order valence-corrected chi connectivity index (χ0v) is 19.7. The number of hydrogen-bond donors (Lipinski definition) is 1. The molecule has 0 bridgehead atoms. The summed E-state index contributed by atoms with van der Waals surface area (Å²) < 4.78 is 38.8. The molecule has 2 heterocycles. The van der Waals surface area contributed by atoms with E-state index in [-0.39, 0.29) is 11.4 Å². The van der Waals surface area contributed by atoms with Gasteiger partial charge < -0.3 is 14.5 Å². The van der Waals surface area contributed by atoms with E-state index in [1.165, 1.54) is 4.90 Å². The Labute approximate surface area is 188 Å². The minimum Gasteiger partial charge on any atom is -0.497 e. The number of fused-ring (bicyclic) bond motifs is 3. The highest BCUT2D eigenvalue weighted by Gasteiger charge is 2.44. The monoisotopic (exact) mass is 456 g/mol. The lowest BCUT2D eigenvalue weighted by molar-refractivity contribution is 0.0209. The number of aryl methyl sites for hydroxylation is 1. The molecule has 2 aromatic carbocycles.